The molecule has 0 aliphatic heterocycles. The summed E-state index contributed by atoms with van der Waals surface area (Å²) in [6, 6.07) is 13.7. The Morgan fingerprint density at radius 1 is 1.24 bits per heavy atom. The van der Waals surface area contributed by atoms with Crippen molar-refractivity contribution in [2.75, 3.05) is 5.32 Å². The van der Waals surface area contributed by atoms with E-state index in [-0.39, 0.29) is 18.1 Å². The molecule has 0 fully saturated rings. The molecule has 0 aliphatic carbocycles. The van der Waals surface area contributed by atoms with Crippen molar-refractivity contribution in [1.29, 1.82) is 0 Å². The zero-order chi connectivity index (χ0) is 21.0. The molecule has 150 valence electrons. The molecule has 0 radical (unpaired) electrons. The number of nitro groups is 1. The Bertz CT molecular complexity index is 1030. The highest BCUT2D eigenvalue weighted by molar-refractivity contribution is 6.05. The second-order valence-corrected chi connectivity index (χ2v) is 6.07. The van der Waals surface area contributed by atoms with E-state index in [1.807, 2.05) is 0 Å². The van der Waals surface area contributed by atoms with Crippen LogP contribution in [0.1, 0.15) is 21.6 Å². The first-order chi connectivity index (χ1) is 13.8. The number of nitrogens with one attached hydrogen (secondary N) is 1. The molecule has 0 saturated heterocycles. The zero-order valence-corrected chi connectivity index (χ0v) is 15.2. The van der Waals surface area contributed by atoms with Gasteiger partial charge >= 0.3 is 12.4 Å². The Morgan fingerprint density at radius 3 is 2.55 bits per heavy atom. The fourth-order valence-corrected chi connectivity index (χ4v) is 2.70. The van der Waals surface area contributed by atoms with E-state index in [0.717, 1.165) is 0 Å². The average Bonchev–Trinajstić information content (AvgIpc) is 3.04. The molecule has 2 aromatic carbocycles. The fourth-order valence-electron chi connectivity index (χ4n) is 2.70. The highest BCUT2D eigenvalue weighted by atomic mass is 19.3. The van der Waals surface area contributed by atoms with Crippen LogP contribution in [0.15, 0.2) is 54.6 Å². The van der Waals surface area contributed by atoms with Crippen LogP contribution in [0, 0.1) is 17.0 Å². The van der Waals surface area contributed by atoms with Crippen LogP contribution in [0.25, 0.3) is 0 Å². The topological polar surface area (TPSA) is 99.3 Å². The van der Waals surface area contributed by atoms with Crippen LogP contribution >= 0.6 is 0 Å². The van der Waals surface area contributed by atoms with Gasteiger partial charge in [0.1, 0.15) is 5.75 Å². The number of benzene rings is 2. The molecule has 10 heteroatoms. The molecule has 0 saturated carbocycles. The number of rotatable bonds is 7. The van der Waals surface area contributed by atoms with Gasteiger partial charge in [-0.2, -0.15) is 13.5 Å². The van der Waals surface area contributed by atoms with Gasteiger partial charge in [-0.25, -0.2) is 0 Å². The van der Waals surface area contributed by atoms with Crippen LogP contribution in [0.5, 0.6) is 5.75 Å². The quantitative estimate of drug-likeness (QED) is 0.476. The number of ether oxygens (including phenoxy) is 1. The van der Waals surface area contributed by atoms with E-state index >= 15 is 0 Å². The molecule has 0 atom stereocenters. The summed E-state index contributed by atoms with van der Waals surface area (Å²) in [7, 11) is 0. The van der Waals surface area contributed by atoms with Gasteiger partial charge in [-0.3, -0.25) is 4.79 Å². The molecule has 0 spiro atoms. The summed E-state index contributed by atoms with van der Waals surface area (Å²) in [4.78, 5) is 23.0. The Kier molecular flexibility index (Phi) is 5.82. The standard InChI is InChI=1S/C19H16F2N4O4/c1-12-10-17(25(27)28)23-24(12)11-13-4-2-3-5-16(13)18(26)22-14-6-8-15(9-7-14)29-19(20)21/h2-10,19H,11H2,1H3,(H,22,26). The van der Waals surface area contributed by atoms with E-state index in [2.05, 4.69) is 15.2 Å². The van der Waals surface area contributed by atoms with Gasteiger partial charge in [0.15, 0.2) is 0 Å². The van der Waals surface area contributed by atoms with Gasteiger partial charge in [0.25, 0.3) is 5.91 Å². The van der Waals surface area contributed by atoms with Crippen molar-refractivity contribution in [2.24, 2.45) is 0 Å². The number of aryl methyl sites for hydroxylation is 1. The van der Waals surface area contributed by atoms with Crippen molar-refractivity contribution in [3.8, 4) is 5.75 Å². The van der Waals surface area contributed by atoms with Crippen LogP contribution in [0.3, 0.4) is 0 Å². The van der Waals surface area contributed by atoms with E-state index in [0.29, 0.717) is 22.5 Å². The third-order valence-electron chi connectivity index (χ3n) is 4.07. The predicted molar refractivity (Wildman–Crippen MR) is 100 cm³/mol. The Labute approximate surface area is 163 Å². The second-order valence-electron chi connectivity index (χ2n) is 6.07. The van der Waals surface area contributed by atoms with Crippen LogP contribution in [-0.2, 0) is 6.54 Å². The second kappa shape index (κ2) is 8.46. The van der Waals surface area contributed by atoms with Crippen molar-refractivity contribution in [3.05, 3.63) is 81.5 Å². The molecule has 1 amide bonds. The van der Waals surface area contributed by atoms with Crippen molar-refractivity contribution in [2.45, 2.75) is 20.1 Å². The zero-order valence-electron chi connectivity index (χ0n) is 15.2. The highest BCUT2D eigenvalue weighted by Gasteiger charge is 2.18. The molecular weight excluding hydrogens is 386 g/mol. The molecular formula is C19H16F2N4O4. The molecule has 0 unspecified atom stereocenters. The maximum absolute atomic E-state index is 12.7. The lowest BCUT2D eigenvalue weighted by Gasteiger charge is -2.11. The number of alkyl halides is 2. The third-order valence-corrected chi connectivity index (χ3v) is 4.07. The summed E-state index contributed by atoms with van der Waals surface area (Å²) in [5, 5.41) is 17.5. The summed E-state index contributed by atoms with van der Waals surface area (Å²) < 4.78 is 30.1. The number of carbonyl (C=O) groups excluding carboxylic acids is 1. The van der Waals surface area contributed by atoms with Gasteiger partial charge in [-0.15, -0.1) is 0 Å². The number of aromatic nitrogens is 2. The lowest BCUT2D eigenvalue weighted by atomic mass is 10.1. The Hall–Kier alpha value is -3.82. The van der Waals surface area contributed by atoms with E-state index in [9.17, 15) is 23.7 Å². The third kappa shape index (κ3) is 4.92. The number of hydrogen-bond donors (Lipinski definition) is 1. The van der Waals surface area contributed by atoms with Crippen molar-refractivity contribution in [3.63, 3.8) is 0 Å². The van der Waals surface area contributed by atoms with Crippen LogP contribution < -0.4 is 10.1 Å². The lowest BCUT2D eigenvalue weighted by Crippen LogP contribution is -2.16. The van der Waals surface area contributed by atoms with E-state index in [1.54, 1.807) is 31.2 Å². The summed E-state index contributed by atoms with van der Waals surface area (Å²) in [5.74, 6) is -0.702. The van der Waals surface area contributed by atoms with E-state index < -0.39 is 17.4 Å². The molecule has 1 aromatic heterocycles. The minimum Gasteiger partial charge on any atom is -0.435 e. The monoisotopic (exact) mass is 402 g/mol. The minimum atomic E-state index is -2.93. The maximum atomic E-state index is 12.7. The smallest absolute Gasteiger partial charge is 0.390 e. The number of amides is 1. The van der Waals surface area contributed by atoms with Crippen molar-refractivity contribution >= 4 is 17.4 Å². The molecule has 3 aromatic rings. The first-order valence-corrected chi connectivity index (χ1v) is 8.46. The van der Waals surface area contributed by atoms with Gasteiger partial charge < -0.3 is 20.2 Å². The fraction of sp³-hybridized carbons (Fsp3) is 0.158. The first-order valence-electron chi connectivity index (χ1n) is 8.46. The van der Waals surface area contributed by atoms with Crippen LogP contribution in [0.2, 0.25) is 0 Å². The van der Waals surface area contributed by atoms with Gasteiger partial charge in [0.2, 0.25) is 0 Å². The largest absolute Gasteiger partial charge is 0.435 e. The first kappa shape index (κ1) is 19.9. The average molecular weight is 402 g/mol. The molecule has 1 N–H and O–H groups in total. The van der Waals surface area contributed by atoms with Gasteiger partial charge in [-0.05, 0) is 47.7 Å². The summed E-state index contributed by atoms with van der Waals surface area (Å²) >= 11 is 0. The SMILES string of the molecule is Cc1cc([N+](=O)[O-])nn1Cc1ccccc1C(=O)Nc1ccc(OC(F)F)cc1. The van der Waals surface area contributed by atoms with Crippen LogP contribution in [-0.4, -0.2) is 27.2 Å². The highest BCUT2D eigenvalue weighted by Crippen LogP contribution is 2.20. The molecule has 0 aliphatic rings. The number of anilines is 1. The Morgan fingerprint density at radius 2 is 1.93 bits per heavy atom. The van der Waals surface area contributed by atoms with E-state index in [1.165, 1.54) is 35.0 Å². The molecule has 29 heavy (non-hydrogen) atoms. The molecule has 0 bridgehead atoms. The summed E-state index contributed by atoms with van der Waals surface area (Å²) in [6.45, 7) is -1.07. The number of nitrogens with zero attached hydrogens (tertiary/aromatic N) is 3. The van der Waals surface area contributed by atoms with Crippen molar-refractivity contribution in [1.82, 2.24) is 9.78 Å². The van der Waals surface area contributed by atoms with Gasteiger partial charge in [0, 0.05) is 11.3 Å². The molecule has 8 nitrogen and oxygen atoms in total. The minimum absolute atomic E-state index is 0.0193. The molecule has 3 rings (SSSR count). The number of hydrogen-bond acceptors (Lipinski definition) is 5. The maximum Gasteiger partial charge on any atom is 0.390 e. The van der Waals surface area contributed by atoms with Crippen molar-refractivity contribution < 1.29 is 23.2 Å². The van der Waals surface area contributed by atoms with Gasteiger partial charge in [0.05, 0.1) is 23.4 Å². The number of halogens is 2. The van der Waals surface area contributed by atoms with Crippen LogP contribution in [0.4, 0.5) is 20.3 Å². The number of carbonyl (C=O) groups is 1. The van der Waals surface area contributed by atoms with E-state index in [4.69, 9.17) is 0 Å². The normalized spacial score (nSPS) is 10.8. The Balaban J connectivity index is 1.77. The molecule has 1 heterocycles. The van der Waals surface area contributed by atoms with Gasteiger partial charge in [-0.1, -0.05) is 18.2 Å². The predicted octanol–water partition coefficient (Wildman–Crippen LogP) is 4.00. The summed E-state index contributed by atoms with van der Waals surface area (Å²) in [5.41, 5.74) is 1.96. The summed E-state index contributed by atoms with van der Waals surface area (Å²) in [6.07, 6.45) is 0. The lowest BCUT2D eigenvalue weighted by molar-refractivity contribution is -0.389.